The summed E-state index contributed by atoms with van der Waals surface area (Å²) in [5.41, 5.74) is 4.45. The molecule has 2 heteroatoms. The van der Waals surface area contributed by atoms with Gasteiger partial charge in [0.25, 0.3) is 0 Å². The lowest BCUT2D eigenvalue weighted by atomic mass is 9.83. The monoisotopic (exact) mass is 268 g/mol. The molecule has 2 aliphatic heterocycles. The number of hydrogen-bond acceptors (Lipinski definition) is 1. The van der Waals surface area contributed by atoms with Crippen LogP contribution in [0.4, 0.5) is 0 Å². The number of aromatic nitrogens is 1. The highest BCUT2D eigenvalue weighted by molar-refractivity contribution is 5.85. The predicted molar refractivity (Wildman–Crippen MR) is 83.9 cm³/mol. The zero-order chi connectivity index (χ0) is 13.5. The standard InChI is InChI=1S/C18H24N2/c1-2-5-13-8-10-20-11-9-15-14-6-3-4-7-16(14)19-18(15)17(20)12-13/h3-4,6-7,13,17,19H,2,5,8-12H2,1H3/t13-,17+/m0/s1. The summed E-state index contributed by atoms with van der Waals surface area (Å²) in [4.78, 5) is 6.45. The van der Waals surface area contributed by atoms with Crippen LogP contribution in [-0.2, 0) is 6.42 Å². The van der Waals surface area contributed by atoms with Crippen LogP contribution in [0, 0.1) is 5.92 Å². The Bertz CT molecular complexity index is 613. The van der Waals surface area contributed by atoms with E-state index in [4.69, 9.17) is 0 Å². The summed E-state index contributed by atoms with van der Waals surface area (Å²) in [5, 5.41) is 1.46. The van der Waals surface area contributed by atoms with Gasteiger partial charge in [0.2, 0.25) is 0 Å². The summed E-state index contributed by atoms with van der Waals surface area (Å²) >= 11 is 0. The highest BCUT2D eigenvalue weighted by atomic mass is 15.2. The van der Waals surface area contributed by atoms with Gasteiger partial charge in [0.1, 0.15) is 0 Å². The van der Waals surface area contributed by atoms with Gasteiger partial charge in [-0.3, -0.25) is 4.90 Å². The van der Waals surface area contributed by atoms with Gasteiger partial charge >= 0.3 is 0 Å². The molecule has 2 aliphatic rings. The molecule has 3 heterocycles. The third-order valence-corrected chi connectivity index (χ3v) is 5.35. The molecule has 1 N–H and O–H groups in total. The molecule has 106 valence electrons. The lowest BCUT2D eigenvalue weighted by Gasteiger charge is -2.42. The van der Waals surface area contributed by atoms with Crippen molar-refractivity contribution < 1.29 is 0 Å². The SMILES string of the molecule is CCC[C@H]1CCN2CCc3c([nH]c4ccccc34)[C@H]2C1. The summed E-state index contributed by atoms with van der Waals surface area (Å²) in [5.74, 6) is 0.929. The van der Waals surface area contributed by atoms with Gasteiger partial charge in [-0.1, -0.05) is 38.0 Å². The van der Waals surface area contributed by atoms with Crippen molar-refractivity contribution in [3.05, 3.63) is 35.5 Å². The van der Waals surface area contributed by atoms with Gasteiger partial charge in [-0.25, -0.2) is 0 Å². The van der Waals surface area contributed by atoms with E-state index in [0.29, 0.717) is 6.04 Å². The zero-order valence-corrected chi connectivity index (χ0v) is 12.4. The fraction of sp³-hybridized carbons (Fsp3) is 0.556. The molecule has 0 spiro atoms. The highest BCUT2D eigenvalue weighted by Crippen LogP contribution is 2.41. The van der Waals surface area contributed by atoms with Crippen LogP contribution in [0.25, 0.3) is 10.9 Å². The van der Waals surface area contributed by atoms with Crippen LogP contribution >= 0.6 is 0 Å². The van der Waals surface area contributed by atoms with Gasteiger partial charge in [0, 0.05) is 23.1 Å². The topological polar surface area (TPSA) is 19.0 Å². The number of benzene rings is 1. The second-order valence-corrected chi connectivity index (χ2v) is 6.54. The fourth-order valence-corrected chi connectivity index (χ4v) is 4.36. The van der Waals surface area contributed by atoms with Crippen molar-refractivity contribution in [1.29, 1.82) is 0 Å². The maximum Gasteiger partial charge on any atom is 0.0504 e. The van der Waals surface area contributed by atoms with E-state index in [1.54, 1.807) is 5.56 Å². The minimum atomic E-state index is 0.649. The first-order valence-corrected chi connectivity index (χ1v) is 8.20. The molecule has 0 aliphatic carbocycles. The van der Waals surface area contributed by atoms with Crippen molar-refractivity contribution >= 4 is 10.9 Å². The normalized spacial score (nSPS) is 26.4. The molecule has 1 fully saturated rings. The molecule has 0 unspecified atom stereocenters. The lowest BCUT2D eigenvalue weighted by molar-refractivity contribution is 0.0972. The maximum atomic E-state index is 3.74. The molecule has 2 atom stereocenters. The zero-order valence-electron chi connectivity index (χ0n) is 12.4. The number of nitrogens with one attached hydrogen (secondary N) is 1. The van der Waals surface area contributed by atoms with Gasteiger partial charge < -0.3 is 4.98 Å². The van der Waals surface area contributed by atoms with Crippen molar-refractivity contribution in [2.75, 3.05) is 13.1 Å². The van der Waals surface area contributed by atoms with E-state index in [1.165, 1.54) is 61.8 Å². The number of rotatable bonds is 2. The van der Waals surface area contributed by atoms with Crippen LogP contribution in [-0.4, -0.2) is 23.0 Å². The Morgan fingerprint density at radius 2 is 2.15 bits per heavy atom. The summed E-state index contributed by atoms with van der Waals surface area (Å²) in [6.07, 6.45) is 6.71. The smallest absolute Gasteiger partial charge is 0.0504 e. The van der Waals surface area contributed by atoms with Gasteiger partial charge in [0.15, 0.2) is 0 Å². The van der Waals surface area contributed by atoms with Gasteiger partial charge in [-0.2, -0.15) is 0 Å². The second-order valence-electron chi connectivity index (χ2n) is 6.54. The van der Waals surface area contributed by atoms with Crippen LogP contribution in [0.1, 0.15) is 49.9 Å². The van der Waals surface area contributed by atoms with E-state index in [1.807, 2.05) is 0 Å². The Morgan fingerprint density at radius 3 is 3.05 bits per heavy atom. The van der Waals surface area contributed by atoms with Crippen LogP contribution in [0.15, 0.2) is 24.3 Å². The molecule has 2 nitrogen and oxygen atoms in total. The molecule has 20 heavy (non-hydrogen) atoms. The van der Waals surface area contributed by atoms with Crippen molar-refractivity contribution in [2.24, 2.45) is 5.92 Å². The number of piperidine rings is 1. The molecular formula is C18H24N2. The first kappa shape index (κ1) is 12.5. The molecule has 0 amide bonds. The molecule has 2 aromatic rings. The van der Waals surface area contributed by atoms with E-state index in [2.05, 4.69) is 41.1 Å². The van der Waals surface area contributed by atoms with Crippen LogP contribution in [0.5, 0.6) is 0 Å². The molecule has 0 radical (unpaired) electrons. The first-order valence-electron chi connectivity index (χ1n) is 8.20. The van der Waals surface area contributed by atoms with Crippen LogP contribution < -0.4 is 0 Å². The molecule has 1 aromatic heterocycles. The number of para-hydroxylation sites is 1. The van der Waals surface area contributed by atoms with E-state index in [9.17, 15) is 0 Å². The summed E-state index contributed by atoms with van der Waals surface area (Å²) < 4.78 is 0. The van der Waals surface area contributed by atoms with E-state index in [0.717, 1.165) is 5.92 Å². The van der Waals surface area contributed by atoms with Crippen molar-refractivity contribution in [3.8, 4) is 0 Å². The summed E-state index contributed by atoms with van der Waals surface area (Å²) in [7, 11) is 0. The second kappa shape index (κ2) is 4.92. The number of aromatic amines is 1. The Balaban J connectivity index is 1.73. The average molecular weight is 268 g/mol. The Kier molecular flexibility index (Phi) is 3.07. The maximum absolute atomic E-state index is 3.74. The Labute approximate surface area is 121 Å². The average Bonchev–Trinajstić information content (AvgIpc) is 2.87. The highest BCUT2D eigenvalue weighted by Gasteiger charge is 2.34. The first-order chi connectivity index (χ1) is 9.86. The molecule has 0 bridgehead atoms. The quantitative estimate of drug-likeness (QED) is 0.861. The number of H-pyrrole nitrogens is 1. The third kappa shape index (κ3) is 1.89. The number of nitrogens with zero attached hydrogens (tertiary/aromatic N) is 1. The molecular weight excluding hydrogens is 244 g/mol. The molecule has 0 saturated carbocycles. The van der Waals surface area contributed by atoms with Gasteiger partial charge in [-0.05, 0) is 43.4 Å². The van der Waals surface area contributed by atoms with E-state index < -0.39 is 0 Å². The lowest BCUT2D eigenvalue weighted by Crippen LogP contribution is -2.41. The fourth-order valence-electron chi connectivity index (χ4n) is 4.36. The number of fused-ring (bicyclic) bond motifs is 5. The van der Waals surface area contributed by atoms with Gasteiger partial charge in [-0.15, -0.1) is 0 Å². The van der Waals surface area contributed by atoms with Crippen LogP contribution in [0.3, 0.4) is 0 Å². The minimum absolute atomic E-state index is 0.649. The van der Waals surface area contributed by atoms with Gasteiger partial charge in [0.05, 0.1) is 6.04 Å². The Hall–Kier alpha value is -1.28. The van der Waals surface area contributed by atoms with E-state index >= 15 is 0 Å². The van der Waals surface area contributed by atoms with E-state index in [-0.39, 0.29) is 0 Å². The van der Waals surface area contributed by atoms with Crippen LogP contribution in [0.2, 0.25) is 0 Å². The summed E-state index contributed by atoms with van der Waals surface area (Å²) in [6.45, 7) is 4.87. The molecule has 4 rings (SSSR count). The molecule has 1 saturated heterocycles. The number of hydrogen-bond donors (Lipinski definition) is 1. The third-order valence-electron chi connectivity index (χ3n) is 5.35. The predicted octanol–water partition coefficient (Wildman–Crippen LogP) is 4.28. The van der Waals surface area contributed by atoms with Crippen molar-refractivity contribution in [3.63, 3.8) is 0 Å². The minimum Gasteiger partial charge on any atom is -0.357 e. The largest absolute Gasteiger partial charge is 0.357 e. The van der Waals surface area contributed by atoms with Crippen molar-refractivity contribution in [1.82, 2.24) is 9.88 Å². The molecule has 1 aromatic carbocycles. The van der Waals surface area contributed by atoms with Crippen molar-refractivity contribution in [2.45, 2.75) is 45.1 Å². The summed E-state index contributed by atoms with van der Waals surface area (Å²) in [6, 6.07) is 9.47. The Morgan fingerprint density at radius 1 is 1.25 bits per heavy atom.